The van der Waals surface area contributed by atoms with Crippen molar-refractivity contribution in [2.75, 3.05) is 32.7 Å². The number of amides is 1. The third kappa shape index (κ3) is 5.45. The van der Waals surface area contributed by atoms with Crippen molar-refractivity contribution in [2.45, 2.75) is 82.4 Å². The van der Waals surface area contributed by atoms with Crippen molar-refractivity contribution in [3.63, 3.8) is 0 Å². The summed E-state index contributed by atoms with van der Waals surface area (Å²) < 4.78 is 33.7. The van der Waals surface area contributed by atoms with Gasteiger partial charge >= 0.3 is 0 Å². The second-order valence-electron chi connectivity index (χ2n) is 10.7. The van der Waals surface area contributed by atoms with E-state index in [1.165, 1.54) is 5.56 Å². The molecule has 0 aromatic heterocycles. The maximum atomic E-state index is 13.2. The third-order valence-electron chi connectivity index (χ3n) is 7.50. The van der Waals surface area contributed by atoms with Crippen molar-refractivity contribution in [3.8, 4) is 0 Å². The summed E-state index contributed by atoms with van der Waals surface area (Å²) in [5, 5.41) is 3.14. The van der Waals surface area contributed by atoms with Gasteiger partial charge in [0.05, 0.1) is 17.1 Å². The van der Waals surface area contributed by atoms with E-state index in [0.29, 0.717) is 37.4 Å². The molecule has 1 aliphatic carbocycles. The average Bonchev–Trinajstić information content (AvgIpc) is 3.25. The zero-order chi connectivity index (χ0) is 23.8. The van der Waals surface area contributed by atoms with Crippen LogP contribution in [-0.4, -0.2) is 74.0 Å². The molecule has 2 aliphatic heterocycles. The number of nitrogens with zero attached hydrogens (tertiary/aromatic N) is 2. The molecule has 0 unspecified atom stereocenters. The van der Waals surface area contributed by atoms with Crippen LogP contribution in [0.25, 0.3) is 0 Å². The van der Waals surface area contributed by atoms with Crippen LogP contribution in [0.2, 0.25) is 0 Å². The smallest absolute Gasteiger partial charge is 0.243 e. The molecule has 2 fully saturated rings. The van der Waals surface area contributed by atoms with Gasteiger partial charge in [-0.1, -0.05) is 6.07 Å². The molecular formula is C25H39N3O4S. The number of hydrogen-bond donors (Lipinski definition) is 1. The van der Waals surface area contributed by atoms with Gasteiger partial charge in [0.2, 0.25) is 15.9 Å². The van der Waals surface area contributed by atoms with E-state index in [9.17, 15) is 13.2 Å². The molecule has 1 aromatic rings. The van der Waals surface area contributed by atoms with Crippen LogP contribution in [0.5, 0.6) is 0 Å². The lowest BCUT2D eigenvalue weighted by molar-refractivity contribution is -0.127. The van der Waals surface area contributed by atoms with Crippen molar-refractivity contribution in [1.29, 1.82) is 0 Å². The van der Waals surface area contributed by atoms with Crippen molar-refractivity contribution >= 4 is 15.9 Å². The second-order valence-corrected chi connectivity index (χ2v) is 12.6. The summed E-state index contributed by atoms with van der Waals surface area (Å²) in [4.78, 5) is 15.7. The Morgan fingerprint density at radius 3 is 2.39 bits per heavy atom. The first-order valence-corrected chi connectivity index (χ1v) is 13.8. The van der Waals surface area contributed by atoms with Gasteiger partial charge in [0.15, 0.2) is 0 Å². The van der Waals surface area contributed by atoms with Crippen molar-refractivity contribution in [3.05, 3.63) is 29.3 Å². The van der Waals surface area contributed by atoms with E-state index in [0.717, 1.165) is 37.9 Å². The Morgan fingerprint density at radius 1 is 1.09 bits per heavy atom. The zero-order valence-electron chi connectivity index (χ0n) is 20.5. The Labute approximate surface area is 198 Å². The lowest BCUT2D eigenvalue weighted by Gasteiger charge is -2.45. The molecule has 0 radical (unpaired) electrons. The summed E-state index contributed by atoms with van der Waals surface area (Å²) >= 11 is 0. The van der Waals surface area contributed by atoms with Crippen LogP contribution in [0.15, 0.2) is 23.1 Å². The Balaban J connectivity index is 1.30. The standard InChI is InChI=1S/C25H39N3O4S/c1-18-15-27(16-19(2)32-18)25(3,4)17-26-24(29)21-10-12-28(13-11-21)33(30,31)23-9-8-20-6-5-7-22(20)14-23/h8-9,14,18-19,21H,5-7,10-13,15-17H2,1-4H3,(H,26,29)/t18-,19-/m0/s1. The minimum absolute atomic E-state index is 0.0343. The highest BCUT2D eigenvalue weighted by molar-refractivity contribution is 7.89. The van der Waals surface area contributed by atoms with Crippen molar-refractivity contribution < 1.29 is 17.9 Å². The van der Waals surface area contributed by atoms with Gasteiger partial charge in [-0.3, -0.25) is 9.69 Å². The van der Waals surface area contributed by atoms with Gasteiger partial charge in [-0.05, 0) is 83.1 Å². The highest BCUT2D eigenvalue weighted by Gasteiger charge is 2.36. The van der Waals surface area contributed by atoms with E-state index in [1.54, 1.807) is 10.4 Å². The van der Waals surface area contributed by atoms with E-state index in [4.69, 9.17) is 4.74 Å². The number of piperidine rings is 1. The molecule has 2 heterocycles. The molecule has 8 heteroatoms. The largest absolute Gasteiger partial charge is 0.373 e. The monoisotopic (exact) mass is 477 g/mol. The lowest BCUT2D eigenvalue weighted by Crippen LogP contribution is -2.59. The number of benzene rings is 1. The van der Waals surface area contributed by atoms with Gasteiger partial charge in [-0.15, -0.1) is 0 Å². The summed E-state index contributed by atoms with van der Waals surface area (Å²) in [6.07, 6.45) is 4.57. The fraction of sp³-hybridized carbons (Fsp3) is 0.720. The molecule has 4 rings (SSSR count). The number of aryl methyl sites for hydroxylation is 2. The average molecular weight is 478 g/mol. The predicted molar refractivity (Wildman–Crippen MR) is 129 cm³/mol. The molecule has 33 heavy (non-hydrogen) atoms. The zero-order valence-corrected chi connectivity index (χ0v) is 21.3. The number of carbonyl (C=O) groups excluding carboxylic acids is 1. The van der Waals surface area contributed by atoms with E-state index in [1.807, 2.05) is 12.1 Å². The van der Waals surface area contributed by atoms with Crippen molar-refractivity contribution in [2.24, 2.45) is 5.92 Å². The number of ether oxygens (including phenoxy) is 1. The number of rotatable bonds is 6. The summed E-state index contributed by atoms with van der Waals surface area (Å²) in [6.45, 7) is 11.5. The molecular weight excluding hydrogens is 438 g/mol. The van der Waals surface area contributed by atoms with Crippen molar-refractivity contribution in [1.82, 2.24) is 14.5 Å². The predicted octanol–water partition coefficient (Wildman–Crippen LogP) is 2.58. The molecule has 2 saturated heterocycles. The maximum Gasteiger partial charge on any atom is 0.243 e. The van der Waals surface area contributed by atoms with Crippen LogP contribution >= 0.6 is 0 Å². The number of morpholine rings is 1. The van der Waals surface area contributed by atoms with Gasteiger partial charge in [0.1, 0.15) is 0 Å². The van der Waals surface area contributed by atoms with Crippen LogP contribution < -0.4 is 5.32 Å². The molecule has 1 N–H and O–H groups in total. The molecule has 1 amide bonds. The quantitative estimate of drug-likeness (QED) is 0.681. The molecule has 2 atom stereocenters. The molecule has 184 valence electrons. The highest BCUT2D eigenvalue weighted by atomic mass is 32.2. The fourth-order valence-corrected chi connectivity index (χ4v) is 6.97. The van der Waals surface area contributed by atoms with Gasteiger partial charge in [0.25, 0.3) is 0 Å². The van der Waals surface area contributed by atoms with Crippen LogP contribution in [-0.2, 0) is 32.4 Å². The number of carbonyl (C=O) groups is 1. The topological polar surface area (TPSA) is 79.0 Å². The maximum absolute atomic E-state index is 13.2. The first-order valence-electron chi connectivity index (χ1n) is 12.4. The summed E-state index contributed by atoms with van der Waals surface area (Å²) in [7, 11) is -3.51. The molecule has 7 nitrogen and oxygen atoms in total. The minimum atomic E-state index is -3.51. The number of fused-ring (bicyclic) bond motifs is 1. The van der Waals surface area contributed by atoms with Crippen LogP contribution in [0.4, 0.5) is 0 Å². The molecule has 0 spiro atoms. The van der Waals surface area contributed by atoms with E-state index < -0.39 is 10.0 Å². The van der Waals surface area contributed by atoms with Crippen LogP contribution in [0, 0.1) is 5.92 Å². The molecule has 1 aromatic carbocycles. The Kier molecular flexibility index (Phi) is 7.20. The first-order chi connectivity index (χ1) is 15.6. The highest BCUT2D eigenvalue weighted by Crippen LogP contribution is 2.29. The lowest BCUT2D eigenvalue weighted by atomic mass is 9.95. The van der Waals surface area contributed by atoms with Gasteiger partial charge in [-0.25, -0.2) is 8.42 Å². The molecule has 0 bridgehead atoms. The minimum Gasteiger partial charge on any atom is -0.373 e. The van der Waals surface area contributed by atoms with E-state index >= 15 is 0 Å². The van der Waals surface area contributed by atoms with Crippen LogP contribution in [0.3, 0.4) is 0 Å². The Bertz CT molecular complexity index is 960. The summed E-state index contributed by atoms with van der Waals surface area (Å²) in [5.74, 6) is -0.109. The Morgan fingerprint density at radius 2 is 1.73 bits per heavy atom. The second kappa shape index (κ2) is 9.64. The van der Waals surface area contributed by atoms with E-state index in [2.05, 4.69) is 37.9 Å². The number of nitrogens with one attached hydrogen (secondary N) is 1. The van der Waals surface area contributed by atoms with Crippen LogP contribution in [0.1, 0.15) is 58.1 Å². The fourth-order valence-electron chi connectivity index (χ4n) is 5.45. The first kappa shape index (κ1) is 24.6. The normalized spacial score (nSPS) is 25.7. The van der Waals surface area contributed by atoms with Gasteiger partial charge in [0, 0.05) is 44.2 Å². The SMILES string of the molecule is C[C@H]1CN(C(C)(C)CNC(=O)C2CCN(S(=O)(=O)c3ccc4c(c3)CCC4)CC2)C[C@H](C)O1. The van der Waals surface area contributed by atoms with Gasteiger partial charge < -0.3 is 10.1 Å². The summed E-state index contributed by atoms with van der Waals surface area (Å²) in [6, 6.07) is 5.56. The summed E-state index contributed by atoms with van der Waals surface area (Å²) in [5.41, 5.74) is 2.27. The molecule has 0 saturated carbocycles. The molecule has 3 aliphatic rings. The third-order valence-corrected chi connectivity index (χ3v) is 9.40. The number of sulfonamides is 1. The van der Waals surface area contributed by atoms with E-state index in [-0.39, 0.29) is 29.6 Å². The van der Waals surface area contributed by atoms with Gasteiger partial charge in [-0.2, -0.15) is 4.31 Å². The number of hydrogen-bond acceptors (Lipinski definition) is 5. The Hall–Kier alpha value is -1.48.